The first-order chi connectivity index (χ1) is 8.78. The second kappa shape index (κ2) is 7.74. The number of alkyl halides is 3. The van der Waals surface area contributed by atoms with E-state index in [9.17, 15) is 13.2 Å². The van der Waals surface area contributed by atoms with Gasteiger partial charge in [-0.15, -0.1) is 0 Å². The van der Waals surface area contributed by atoms with E-state index in [4.69, 9.17) is 0 Å². The van der Waals surface area contributed by atoms with Crippen LogP contribution >= 0.6 is 11.8 Å². The molecule has 1 rings (SSSR count). The average molecular weight is 298 g/mol. The fraction of sp³-hybridized carbons (Fsp3) is 1.00. The van der Waals surface area contributed by atoms with Crippen molar-refractivity contribution in [3.63, 3.8) is 0 Å². The van der Waals surface area contributed by atoms with E-state index in [0.29, 0.717) is 24.5 Å². The molecule has 0 radical (unpaired) electrons. The minimum absolute atomic E-state index is 0.0891. The zero-order valence-electron chi connectivity index (χ0n) is 12.0. The summed E-state index contributed by atoms with van der Waals surface area (Å²) in [5, 5.41) is 3.51. The van der Waals surface area contributed by atoms with Gasteiger partial charge in [0.2, 0.25) is 0 Å². The van der Waals surface area contributed by atoms with Crippen LogP contribution in [0.2, 0.25) is 0 Å². The minimum Gasteiger partial charge on any atom is -0.313 e. The third-order valence-electron chi connectivity index (χ3n) is 3.47. The molecule has 0 saturated carbocycles. The van der Waals surface area contributed by atoms with Gasteiger partial charge in [0.05, 0.1) is 0 Å². The van der Waals surface area contributed by atoms with Gasteiger partial charge < -0.3 is 5.32 Å². The molecule has 1 aliphatic rings. The molecule has 1 heterocycles. The Kier molecular flexibility index (Phi) is 6.97. The summed E-state index contributed by atoms with van der Waals surface area (Å²) < 4.78 is 36.5. The highest BCUT2D eigenvalue weighted by Gasteiger charge is 2.29. The van der Waals surface area contributed by atoms with Crippen LogP contribution in [0.1, 0.15) is 33.6 Å². The topological polar surface area (TPSA) is 15.3 Å². The Morgan fingerprint density at radius 3 is 2.63 bits per heavy atom. The maximum Gasteiger partial charge on any atom is 0.441 e. The first kappa shape index (κ1) is 17.1. The van der Waals surface area contributed by atoms with Crippen LogP contribution in [0.25, 0.3) is 0 Å². The van der Waals surface area contributed by atoms with E-state index >= 15 is 0 Å². The van der Waals surface area contributed by atoms with E-state index in [0.717, 1.165) is 25.9 Å². The predicted octanol–water partition coefficient (Wildman–Crippen LogP) is 3.34. The number of nitrogens with zero attached hydrogens (tertiary/aromatic N) is 1. The number of nitrogens with one attached hydrogen (secondary N) is 1. The van der Waals surface area contributed by atoms with Gasteiger partial charge in [-0.2, -0.15) is 13.2 Å². The molecule has 0 amide bonds. The Morgan fingerprint density at radius 2 is 2.05 bits per heavy atom. The van der Waals surface area contributed by atoms with Gasteiger partial charge in [-0.3, -0.25) is 4.90 Å². The maximum absolute atomic E-state index is 12.2. The van der Waals surface area contributed by atoms with Gasteiger partial charge >= 0.3 is 5.51 Å². The minimum atomic E-state index is -4.11. The Bertz CT molecular complexity index is 259. The van der Waals surface area contributed by atoms with Crippen LogP contribution in [0.5, 0.6) is 0 Å². The average Bonchev–Trinajstić information content (AvgIpc) is 2.39. The second-order valence-electron chi connectivity index (χ2n) is 5.71. The molecule has 114 valence electrons. The first-order valence-electron chi connectivity index (χ1n) is 6.96. The van der Waals surface area contributed by atoms with Crippen molar-refractivity contribution in [1.29, 1.82) is 0 Å². The Labute approximate surface area is 118 Å². The lowest BCUT2D eigenvalue weighted by molar-refractivity contribution is -0.0329. The van der Waals surface area contributed by atoms with E-state index in [-0.39, 0.29) is 17.5 Å². The first-order valence-corrected chi connectivity index (χ1v) is 7.94. The highest BCUT2D eigenvalue weighted by molar-refractivity contribution is 8.00. The SMILES string of the molecule is CC(C)CC1CN(CCSC(F)(F)F)C(C)CCN1. The van der Waals surface area contributed by atoms with E-state index in [1.165, 1.54) is 0 Å². The van der Waals surface area contributed by atoms with Crippen molar-refractivity contribution in [2.45, 2.75) is 51.2 Å². The molecule has 2 unspecified atom stereocenters. The van der Waals surface area contributed by atoms with Crippen molar-refractivity contribution in [3.8, 4) is 0 Å². The summed E-state index contributed by atoms with van der Waals surface area (Å²) in [5.41, 5.74) is -4.11. The summed E-state index contributed by atoms with van der Waals surface area (Å²) in [6, 6.07) is 0.763. The molecule has 1 aliphatic heterocycles. The quantitative estimate of drug-likeness (QED) is 0.838. The van der Waals surface area contributed by atoms with Crippen LogP contribution in [0.4, 0.5) is 13.2 Å². The van der Waals surface area contributed by atoms with Crippen molar-refractivity contribution in [1.82, 2.24) is 10.2 Å². The zero-order chi connectivity index (χ0) is 14.5. The van der Waals surface area contributed by atoms with Gasteiger partial charge in [0, 0.05) is 30.9 Å². The van der Waals surface area contributed by atoms with E-state index < -0.39 is 5.51 Å². The molecule has 19 heavy (non-hydrogen) atoms. The lowest BCUT2D eigenvalue weighted by Crippen LogP contribution is -2.41. The highest BCUT2D eigenvalue weighted by Crippen LogP contribution is 2.30. The number of hydrogen-bond donors (Lipinski definition) is 1. The van der Waals surface area contributed by atoms with Crippen molar-refractivity contribution >= 4 is 11.8 Å². The third-order valence-corrected chi connectivity index (χ3v) is 4.19. The van der Waals surface area contributed by atoms with Crippen LogP contribution in [-0.2, 0) is 0 Å². The van der Waals surface area contributed by atoms with Gasteiger partial charge in [0.15, 0.2) is 0 Å². The van der Waals surface area contributed by atoms with Crippen molar-refractivity contribution < 1.29 is 13.2 Å². The fourth-order valence-corrected chi connectivity index (χ4v) is 3.08. The number of thioether (sulfide) groups is 1. The Balaban J connectivity index is 2.43. The van der Waals surface area contributed by atoms with Crippen LogP contribution < -0.4 is 5.32 Å². The zero-order valence-corrected chi connectivity index (χ0v) is 12.8. The normalized spacial score (nSPS) is 26.7. The smallest absolute Gasteiger partial charge is 0.313 e. The Morgan fingerprint density at radius 1 is 1.37 bits per heavy atom. The van der Waals surface area contributed by atoms with E-state index in [2.05, 4.69) is 31.0 Å². The van der Waals surface area contributed by atoms with Crippen LogP contribution in [0.15, 0.2) is 0 Å². The van der Waals surface area contributed by atoms with Crippen LogP contribution in [0.3, 0.4) is 0 Å². The van der Waals surface area contributed by atoms with E-state index in [1.807, 2.05) is 0 Å². The predicted molar refractivity (Wildman–Crippen MR) is 75.4 cm³/mol. The molecular weight excluding hydrogens is 273 g/mol. The van der Waals surface area contributed by atoms with Crippen molar-refractivity contribution in [2.24, 2.45) is 5.92 Å². The molecule has 0 bridgehead atoms. The van der Waals surface area contributed by atoms with Gasteiger partial charge in [0.1, 0.15) is 0 Å². The maximum atomic E-state index is 12.2. The molecule has 2 nitrogen and oxygen atoms in total. The summed E-state index contributed by atoms with van der Waals surface area (Å²) >= 11 is 0.0891. The summed E-state index contributed by atoms with van der Waals surface area (Å²) in [5.74, 6) is 0.736. The highest BCUT2D eigenvalue weighted by atomic mass is 32.2. The van der Waals surface area contributed by atoms with Gasteiger partial charge in [-0.05, 0) is 44.0 Å². The third kappa shape index (κ3) is 7.42. The Hall–Kier alpha value is 0.0600. The molecule has 1 saturated heterocycles. The monoisotopic (exact) mass is 298 g/mol. The molecular formula is C13H25F3N2S. The largest absolute Gasteiger partial charge is 0.441 e. The lowest BCUT2D eigenvalue weighted by atomic mass is 10.0. The molecule has 1 N–H and O–H groups in total. The summed E-state index contributed by atoms with van der Waals surface area (Å²) in [6.45, 7) is 8.80. The second-order valence-corrected chi connectivity index (χ2v) is 6.87. The standard InChI is InChI=1S/C13H25F3N2S/c1-10(2)8-12-9-18(11(3)4-5-17-12)6-7-19-13(14,15)16/h10-12,17H,4-9H2,1-3H3. The molecule has 0 aromatic heterocycles. The molecule has 0 aromatic rings. The fourth-order valence-electron chi connectivity index (χ4n) is 2.52. The van der Waals surface area contributed by atoms with Crippen LogP contribution in [0, 0.1) is 5.92 Å². The molecule has 1 fully saturated rings. The summed E-state index contributed by atoms with van der Waals surface area (Å²) in [6.07, 6.45) is 2.08. The summed E-state index contributed by atoms with van der Waals surface area (Å²) in [4.78, 5) is 2.20. The van der Waals surface area contributed by atoms with Crippen molar-refractivity contribution in [3.05, 3.63) is 0 Å². The molecule has 0 spiro atoms. The number of rotatable bonds is 5. The molecule has 2 atom stereocenters. The van der Waals surface area contributed by atoms with Crippen molar-refractivity contribution in [2.75, 3.05) is 25.4 Å². The lowest BCUT2D eigenvalue weighted by Gasteiger charge is -2.29. The van der Waals surface area contributed by atoms with Crippen LogP contribution in [-0.4, -0.2) is 47.9 Å². The number of hydrogen-bond acceptors (Lipinski definition) is 3. The molecule has 6 heteroatoms. The molecule has 0 aromatic carbocycles. The number of halogens is 3. The molecule has 0 aliphatic carbocycles. The summed E-state index contributed by atoms with van der Waals surface area (Å²) in [7, 11) is 0. The van der Waals surface area contributed by atoms with E-state index in [1.54, 1.807) is 0 Å². The van der Waals surface area contributed by atoms with Gasteiger partial charge in [0.25, 0.3) is 0 Å². The van der Waals surface area contributed by atoms with Gasteiger partial charge in [-0.1, -0.05) is 13.8 Å². The van der Waals surface area contributed by atoms with Gasteiger partial charge in [-0.25, -0.2) is 0 Å².